The number of pyridine rings is 1. The second kappa shape index (κ2) is 4.30. The molecule has 0 spiro atoms. The molecule has 1 aromatic rings. The summed E-state index contributed by atoms with van der Waals surface area (Å²) >= 11 is 3.39. The third-order valence-corrected chi connectivity index (χ3v) is 4.92. The van der Waals surface area contributed by atoms with Gasteiger partial charge in [0, 0.05) is 5.41 Å². The van der Waals surface area contributed by atoms with Crippen LogP contribution in [0.5, 0.6) is 0 Å². The monoisotopic (exact) mass is 317 g/mol. The molecule has 5 nitrogen and oxygen atoms in total. The van der Waals surface area contributed by atoms with Gasteiger partial charge in [0.1, 0.15) is 5.82 Å². The number of anilines is 2. The van der Waals surface area contributed by atoms with E-state index in [9.17, 15) is 8.42 Å². The van der Waals surface area contributed by atoms with Crippen molar-refractivity contribution in [2.45, 2.75) is 13.0 Å². The quantitative estimate of drug-likeness (QED) is 0.862. The number of sulfone groups is 1. The Bertz CT molecular complexity index is 583. The molecule has 1 unspecified atom stereocenters. The van der Waals surface area contributed by atoms with Crippen molar-refractivity contribution in [1.29, 1.82) is 0 Å². The summed E-state index contributed by atoms with van der Waals surface area (Å²) in [5.74, 6) is 0.660. The van der Waals surface area contributed by atoms with Gasteiger partial charge in [0.05, 0.1) is 28.2 Å². The van der Waals surface area contributed by atoms with Crippen LogP contribution in [0, 0.1) is 6.92 Å². The maximum Gasteiger partial charge on any atom is 0.173 e. The number of nitrogens with two attached hydrogens (primary N) is 1. The van der Waals surface area contributed by atoms with Crippen molar-refractivity contribution < 1.29 is 8.42 Å². The molecule has 0 aromatic carbocycles. The molecule has 0 amide bonds. The molecule has 0 saturated carbocycles. The topological polar surface area (TPSA) is 85.1 Å². The Labute approximate surface area is 108 Å². The largest absolute Gasteiger partial charge is 0.397 e. The number of rotatable bonds is 2. The highest BCUT2D eigenvalue weighted by Crippen LogP contribution is 2.28. The maximum atomic E-state index is 11.3. The van der Waals surface area contributed by atoms with Crippen molar-refractivity contribution in [3.05, 3.63) is 27.7 Å². The lowest BCUT2D eigenvalue weighted by molar-refractivity contribution is 0.605. The van der Waals surface area contributed by atoms with Crippen molar-refractivity contribution in [3.8, 4) is 0 Å². The van der Waals surface area contributed by atoms with E-state index >= 15 is 0 Å². The summed E-state index contributed by atoms with van der Waals surface area (Å²) in [5, 5.41) is 4.28. The molecule has 0 fully saturated rings. The zero-order valence-electron chi connectivity index (χ0n) is 9.14. The van der Waals surface area contributed by atoms with E-state index in [0.29, 0.717) is 11.5 Å². The number of nitrogen functional groups attached to an aromatic ring is 1. The lowest BCUT2D eigenvalue weighted by Crippen LogP contribution is -2.22. The number of nitrogens with one attached hydrogen (secondary N) is 1. The molecule has 0 bridgehead atoms. The van der Waals surface area contributed by atoms with Crippen LogP contribution in [0.3, 0.4) is 0 Å². The van der Waals surface area contributed by atoms with Gasteiger partial charge in [-0.05, 0) is 34.5 Å². The fraction of sp³-hybridized carbons (Fsp3) is 0.300. The minimum atomic E-state index is -3.06. The summed E-state index contributed by atoms with van der Waals surface area (Å²) in [5.41, 5.74) is 7.19. The van der Waals surface area contributed by atoms with Crippen molar-refractivity contribution >= 4 is 37.3 Å². The van der Waals surface area contributed by atoms with E-state index in [1.165, 1.54) is 5.41 Å². The molecule has 0 saturated heterocycles. The SMILES string of the molecule is Cc1c(N)cnc(NC2C=CS(=O)(=O)C2)c1Br. The Hall–Kier alpha value is -1.08. The molecule has 1 aromatic heterocycles. The summed E-state index contributed by atoms with van der Waals surface area (Å²) in [6.45, 7) is 1.87. The van der Waals surface area contributed by atoms with E-state index in [0.717, 1.165) is 10.0 Å². The Balaban J connectivity index is 2.21. The zero-order chi connectivity index (χ0) is 12.6. The van der Waals surface area contributed by atoms with E-state index in [-0.39, 0.29) is 11.8 Å². The maximum absolute atomic E-state index is 11.3. The second-order valence-corrected chi connectivity index (χ2v) is 6.63. The van der Waals surface area contributed by atoms with Gasteiger partial charge in [-0.3, -0.25) is 0 Å². The van der Waals surface area contributed by atoms with Crippen LogP contribution in [0.25, 0.3) is 0 Å². The third kappa shape index (κ3) is 2.61. The van der Waals surface area contributed by atoms with Crippen LogP contribution in [0.15, 0.2) is 22.2 Å². The Kier molecular flexibility index (Phi) is 3.13. The van der Waals surface area contributed by atoms with Crippen molar-refractivity contribution in [2.75, 3.05) is 16.8 Å². The smallest absolute Gasteiger partial charge is 0.173 e. The third-order valence-electron chi connectivity index (χ3n) is 2.56. The first-order chi connectivity index (χ1) is 7.89. The Morgan fingerprint density at radius 2 is 2.29 bits per heavy atom. The summed E-state index contributed by atoms with van der Waals surface area (Å²) < 4.78 is 23.3. The molecule has 0 radical (unpaired) electrons. The van der Waals surface area contributed by atoms with E-state index in [1.54, 1.807) is 12.3 Å². The van der Waals surface area contributed by atoms with Crippen molar-refractivity contribution in [3.63, 3.8) is 0 Å². The van der Waals surface area contributed by atoms with E-state index < -0.39 is 9.84 Å². The highest BCUT2D eigenvalue weighted by molar-refractivity contribution is 9.10. The number of hydrogen-bond donors (Lipinski definition) is 2. The molecule has 0 aliphatic carbocycles. The predicted octanol–water partition coefficient (Wildman–Crippen LogP) is 1.46. The molecule has 2 heterocycles. The molecule has 1 atom stereocenters. The van der Waals surface area contributed by atoms with Gasteiger partial charge in [0.2, 0.25) is 0 Å². The van der Waals surface area contributed by atoms with Crippen molar-refractivity contribution in [1.82, 2.24) is 4.98 Å². The summed E-state index contributed by atoms with van der Waals surface area (Å²) in [6.07, 6.45) is 3.17. The number of nitrogens with zero attached hydrogens (tertiary/aromatic N) is 1. The predicted molar refractivity (Wildman–Crippen MR) is 71.4 cm³/mol. The number of hydrogen-bond acceptors (Lipinski definition) is 5. The zero-order valence-corrected chi connectivity index (χ0v) is 11.5. The van der Waals surface area contributed by atoms with Gasteiger partial charge < -0.3 is 11.1 Å². The molecule has 92 valence electrons. The van der Waals surface area contributed by atoms with Crippen molar-refractivity contribution in [2.24, 2.45) is 0 Å². The standard InChI is InChI=1S/C10H12BrN3O2S/c1-6-8(12)4-13-10(9(6)11)14-7-2-3-17(15,16)5-7/h2-4,7H,5,12H2,1H3,(H,13,14). The fourth-order valence-corrected chi connectivity index (χ4v) is 3.21. The van der Waals surface area contributed by atoms with Crippen LogP contribution in [-0.2, 0) is 9.84 Å². The highest BCUT2D eigenvalue weighted by Gasteiger charge is 2.22. The molecule has 1 aliphatic heterocycles. The minimum Gasteiger partial charge on any atom is -0.397 e. The normalized spacial score (nSPS) is 21.6. The van der Waals surface area contributed by atoms with Gasteiger partial charge in [-0.2, -0.15) is 0 Å². The number of halogens is 1. The lowest BCUT2D eigenvalue weighted by Gasteiger charge is -2.14. The molecule has 3 N–H and O–H groups in total. The van der Waals surface area contributed by atoms with Gasteiger partial charge >= 0.3 is 0 Å². The molecule has 7 heteroatoms. The van der Waals surface area contributed by atoms with Crippen LogP contribution < -0.4 is 11.1 Å². The second-order valence-electron chi connectivity index (χ2n) is 3.91. The van der Waals surface area contributed by atoms with Gasteiger partial charge in [-0.25, -0.2) is 13.4 Å². The molecular formula is C10H12BrN3O2S. The van der Waals surface area contributed by atoms with Crippen LogP contribution in [0.1, 0.15) is 5.56 Å². The van der Waals surface area contributed by atoms with E-state index in [4.69, 9.17) is 5.73 Å². The lowest BCUT2D eigenvalue weighted by atomic mass is 10.2. The fourth-order valence-electron chi connectivity index (χ4n) is 1.53. The summed E-state index contributed by atoms with van der Waals surface area (Å²) in [4.78, 5) is 4.14. The molecule has 2 rings (SSSR count). The average Bonchev–Trinajstić information content (AvgIpc) is 2.59. The Morgan fingerprint density at radius 3 is 2.88 bits per heavy atom. The van der Waals surface area contributed by atoms with E-state index in [1.807, 2.05) is 6.92 Å². The average molecular weight is 318 g/mol. The Morgan fingerprint density at radius 1 is 1.59 bits per heavy atom. The molecule has 17 heavy (non-hydrogen) atoms. The van der Waals surface area contributed by atoms with Crippen LogP contribution in [0.4, 0.5) is 11.5 Å². The first kappa shape index (κ1) is 12.4. The molecular weight excluding hydrogens is 306 g/mol. The van der Waals surface area contributed by atoms with Gasteiger partial charge in [0.15, 0.2) is 9.84 Å². The summed E-state index contributed by atoms with van der Waals surface area (Å²) in [6, 6.07) is -0.244. The first-order valence-corrected chi connectivity index (χ1v) is 7.48. The van der Waals surface area contributed by atoms with E-state index in [2.05, 4.69) is 26.2 Å². The van der Waals surface area contributed by atoms with Gasteiger partial charge in [0.25, 0.3) is 0 Å². The van der Waals surface area contributed by atoms with Crippen LogP contribution in [0.2, 0.25) is 0 Å². The number of aromatic nitrogens is 1. The summed E-state index contributed by atoms with van der Waals surface area (Å²) in [7, 11) is -3.06. The highest BCUT2D eigenvalue weighted by atomic mass is 79.9. The van der Waals surface area contributed by atoms with Crippen LogP contribution >= 0.6 is 15.9 Å². The minimum absolute atomic E-state index is 0.0601. The van der Waals surface area contributed by atoms with Gasteiger partial charge in [-0.1, -0.05) is 0 Å². The van der Waals surface area contributed by atoms with Crippen LogP contribution in [-0.4, -0.2) is 25.2 Å². The molecule has 1 aliphatic rings. The van der Waals surface area contributed by atoms with Gasteiger partial charge in [-0.15, -0.1) is 0 Å². The first-order valence-electron chi connectivity index (χ1n) is 4.97.